The van der Waals surface area contributed by atoms with E-state index in [9.17, 15) is 4.79 Å². The number of ether oxygens (including phenoxy) is 1. The molecule has 8 heteroatoms. The fourth-order valence-electron chi connectivity index (χ4n) is 2.53. The number of hydrogen-bond donors (Lipinski definition) is 4. The summed E-state index contributed by atoms with van der Waals surface area (Å²) in [5, 5.41) is 7.10. The van der Waals surface area contributed by atoms with Crippen LogP contribution in [0.2, 0.25) is 0 Å². The van der Waals surface area contributed by atoms with E-state index in [1.54, 1.807) is 0 Å². The van der Waals surface area contributed by atoms with Crippen molar-refractivity contribution in [1.82, 2.24) is 9.69 Å². The van der Waals surface area contributed by atoms with Gasteiger partial charge in [-0.05, 0) is 67.8 Å². The van der Waals surface area contributed by atoms with Crippen LogP contribution in [-0.4, -0.2) is 10.4 Å². The summed E-state index contributed by atoms with van der Waals surface area (Å²) in [5.74, 6) is 1.47. The standard InChI is InChI=1S/C19H21BrN4O2S/c1-11(2)22-17(21)16-18(25)24-27-19(16)23-13-6-8-14(9-7-13)26-15-5-3-4-12(20)10-15/h3-11,17,22-23H,21H2,1-2H3,(H,24,25). The second kappa shape index (κ2) is 8.71. The number of aromatic amines is 1. The SMILES string of the molecule is CC(C)NC(N)c1c(Nc2ccc(Oc3cccc(Br)c3)cc2)s[nH]c1=O. The molecule has 3 aromatic rings. The molecule has 0 aliphatic carbocycles. The van der Waals surface area contributed by atoms with Crippen molar-refractivity contribution in [3.05, 3.63) is 68.9 Å². The lowest BCUT2D eigenvalue weighted by Gasteiger charge is -2.16. The summed E-state index contributed by atoms with van der Waals surface area (Å²) < 4.78 is 9.53. The monoisotopic (exact) mass is 448 g/mol. The average Bonchev–Trinajstić information content (AvgIpc) is 2.96. The summed E-state index contributed by atoms with van der Waals surface area (Å²) in [6, 6.07) is 15.3. The van der Waals surface area contributed by atoms with Crippen molar-refractivity contribution in [3.63, 3.8) is 0 Å². The Morgan fingerprint density at radius 3 is 2.56 bits per heavy atom. The van der Waals surface area contributed by atoms with Gasteiger partial charge in [-0.1, -0.05) is 22.0 Å². The molecular weight excluding hydrogens is 428 g/mol. The first-order chi connectivity index (χ1) is 12.9. The smallest absolute Gasteiger partial charge is 0.266 e. The van der Waals surface area contributed by atoms with Gasteiger partial charge in [0.15, 0.2) is 0 Å². The molecule has 5 N–H and O–H groups in total. The lowest BCUT2D eigenvalue weighted by molar-refractivity contribution is 0.482. The number of hydrogen-bond acceptors (Lipinski definition) is 6. The normalized spacial score (nSPS) is 12.2. The molecular formula is C19H21BrN4O2S. The average molecular weight is 449 g/mol. The van der Waals surface area contributed by atoms with Crippen LogP contribution in [-0.2, 0) is 0 Å². The highest BCUT2D eigenvalue weighted by molar-refractivity contribution is 9.10. The van der Waals surface area contributed by atoms with E-state index in [0.717, 1.165) is 21.7 Å². The van der Waals surface area contributed by atoms with Crippen molar-refractivity contribution in [2.45, 2.75) is 26.1 Å². The number of anilines is 2. The second-order valence-corrected chi connectivity index (χ2v) is 8.02. The molecule has 6 nitrogen and oxygen atoms in total. The van der Waals surface area contributed by atoms with Crippen molar-refractivity contribution in [3.8, 4) is 11.5 Å². The van der Waals surface area contributed by atoms with E-state index in [4.69, 9.17) is 10.5 Å². The third-order valence-electron chi connectivity index (χ3n) is 3.70. The maximum Gasteiger partial charge on any atom is 0.266 e. The van der Waals surface area contributed by atoms with E-state index >= 15 is 0 Å². The third kappa shape index (κ3) is 5.20. The zero-order valence-corrected chi connectivity index (χ0v) is 17.4. The highest BCUT2D eigenvalue weighted by atomic mass is 79.9. The lowest BCUT2D eigenvalue weighted by Crippen LogP contribution is -2.36. The van der Waals surface area contributed by atoms with Gasteiger partial charge in [0.1, 0.15) is 16.5 Å². The molecule has 0 saturated carbocycles. The minimum atomic E-state index is -0.540. The van der Waals surface area contributed by atoms with Crippen molar-refractivity contribution < 1.29 is 4.74 Å². The zero-order chi connectivity index (χ0) is 19.4. The molecule has 2 aromatic carbocycles. The van der Waals surface area contributed by atoms with Gasteiger partial charge in [0.05, 0.1) is 11.7 Å². The Kier molecular flexibility index (Phi) is 6.33. The summed E-state index contributed by atoms with van der Waals surface area (Å²) in [7, 11) is 0. The molecule has 1 atom stereocenters. The number of rotatable bonds is 7. The quantitative estimate of drug-likeness (QED) is 0.393. The Bertz CT molecular complexity index is 953. The molecule has 0 saturated heterocycles. The Balaban J connectivity index is 1.73. The van der Waals surface area contributed by atoms with Crippen LogP contribution in [0.3, 0.4) is 0 Å². The molecule has 0 spiro atoms. The summed E-state index contributed by atoms with van der Waals surface area (Å²) in [5.41, 5.74) is 7.29. The van der Waals surface area contributed by atoms with Crippen LogP contribution >= 0.6 is 27.5 Å². The largest absolute Gasteiger partial charge is 0.457 e. The van der Waals surface area contributed by atoms with E-state index < -0.39 is 6.17 Å². The van der Waals surface area contributed by atoms with Gasteiger partial charge in [0.25, 0.3) is 5.56 Å². The topological polar surface area (TPSA) is 92.2 Å². The minimum absolute atomic E-state index is 0.168. The number of nitrogens with one attached hydrogen (secondary N) is 3. The Hall–Kier alpha value is -2.13. The molecule has 0 aliphatic heterocycles. The predicted molar refractivity (Wildman–Crippen MR) is 114 cm³/mol. The molecule has 1 heterocycles. The first kappa shape index (κ1) is 19.6. The van der Waals surface area contributed by atoms with Crippen molar-refractivity contribution in [2.24, 2.45) is 5.73 Å². The number of H-pyrrole nitrogens is 1. The molecule has 0 amide bonds. The van der Waals surface area contributed by atoms with Crippen LogP contribution < -0.4 is 26.7 Å². The maximum atomic E-state index is 12.1. The number of nitrogens with two attached hydrogens (primary N) is 1. The molecule has 142 valence electrons. The Morgan fingerprint density at radius 2 is 1.89 bits per heavy atom. The van der Waals surface area contributed by atoms with Gasteiger partial charge in [-0.2, -0.15) is 0 Å². The second-order valence-electron chi connectivity index (χ2n) is 6.28. The van der Waals surface area contributed by atoms with Crippen molar-refractivity contribution >= 4 is 38.2 Å². The first-order valence-corrected chi connectivity index (χ1v) is 10.1. The van der Waals surface area contributed by atoms with Crippen molar-refractivity contribution in [2.75, 3.05) is 5.32 Å². The van der Waals surface area contributed by atoms with E-state index in [2.05, 4.69) is 30.9 Å². The highest BCUT2D eigenvalue weighted by Gasteiger charge is 2.18. The first-order valence-electron chi connectivity index (χ1n) is 8.46. The van der Waals surface area contributed by atoms with Gasteiger partial charge in [-0.15, -0.1) is 0 Å². The molecule has 1 unspecified atom stereocenters. The third-order valence-corrected chi connectivity index (χ3v) is 5.01. The Morgan fingerprint density at radius 1 is 1.15 bits per heavy atom. The number of aromatic nitrogens is 1. The van der Waals surface area contributed by atoms with Crippen LogP contribution in [0.25, 0.3) is 0 Å². The molecule has 0 fully saturated rings. The molecule has 0 aliphatic rings. The van der Waals surface area contributed by atoms with Gasteiger partial charge in [-0.3, -0.25) is 14.5 Å². The van der Waals surface area contributed by atoms with E-state index in [-0.39, 0.29) is 11.6 Å². The fourth-order valence-corrected chi connectivity index (χ4v) is 3.71. The van der Waals surface area contributed by atoms with Gasteiger partial charge in [0, 0.05) is 16.2 Å². The van der Waals surface area contributed by atoms with Crippen LogP contribution in [0.15, 0.2) is 57.8 Å². The van der Waals surface area contributed by atoms with Gasteiger partial charge in [-0.25, -0.2) is 0 Å². The van der Waals surface area contributed by atoms with E-state index in [0.29, 0.717) is 10.6 Å². The summed E-state index contributed by atoms with van der Waals surface area (Å²) >= 11 is 4.66. The van der Waals surface area contributed by atoms with Crippen molar-refractivity contribution in [1.29, 1.82) is 0 Å². The van der Waals surface area contributed by atoms with Crippen LogP contribution in [0.5, 0.6) is 11.5 Å². The van der Waals surface area contributed by atoms with Crippen LogP contribution in [0.1, 0.15) is 25.6 Å². The van der Waals surface area contributed by atoms with Crippen LogP contribution in [0, 0.1) is 0 Å². The summed E-state index contributed by atoms with van der Waals surface area (Å²) in [6.45, 7) is 3.97. The predicted octanol–water partition coefficient (Wildman–Crippen LogP) is 4.69. The molecule has 0 bridgehead atoms. The Labute approximate surface area is 170 Å². The minimum Gasteiger partial charge on any atom is -0.457 e. The molecule has 27 heavy (non-hydrogen) atoms. The van der Waals surface area contributed by atoms with E-state index in [1.807, 2.05) is 62.4 Å². The van der Waals surface area contributed by atoms with Gasteiger partial charge in [0.2, 0.25) is 0 Å². The fraction of sp³-hybridized carbons (Fsp3) is 0.211. The summed E-state index contributed by atoms with van der Waals surface area (Å²) in [4.78, 5) is 12.1. The highest BCUT2D eigenvalue weighted by Crippen LogP contribution is 2.28. The maximum absolute atomic E-state index is 12.1. The van der Waals surface area contributed by atoms with Gasteiger partial charge >= 0.3 is 0 Å². The lowest BCUT2D eigenvalue weighted by atomic mass is 10.2. The van der Waals surface area contributed by atoms with Gasteiger partial charge < -0.3 is 15.8 Å². The number of halogens is 1. The zero-order valence-electron chi connectivity index (χ0n) is 15.0. The number of benzene rings is 2. The summed E-state index contributed by atoms with van der Waals surface area (Å²) in [6.07, 6.45) is -0.540. The molecule has 3 rings (SSSR count). The molecule has 0 radical (unpaired) electrons. The van der Waals surface area contributed by atoms with E-state index in [1.165, 1.54) is 11.5 Å². The van der Waals surface area contributed by atoms with Crippen LogP contribution in [0.4, 0.5) is 10.7 Å². The molecule has 1 aromatic heterocycles.